The molecule has 1 unspecified atom stereocenters. The van der Waals surface area contributed by atoms with Crippen molar-refractivity contribution in [1.29, 1.82) is 5.26 Å². The highest BCUT2D eigenvalue weighted by molar-refractivity contribution is 5.34. The summed E-state index contributed by atoms with van der Waals surface area (Å²) in [6.45, 7) is 1.84. The summed E-state index contributed by atoms with van der Waals surface area (Å²) in [5.74, 6) is 0. The van der Waals surface area contributed by atoms with Crippen LogP contribution in [0.4, 0.5) is 0 Å². The molecule has 0 amide bonds. The quantitative estimate of drug-likeness (QED) is 0.750. The third kappa shape index (κ3) is 1.92. The third-order valence-corrected chi connectivity index (χ3v) is 2.50. The molecule has 3 nitrogen and oxygen atoms in total. The molecule has 3 heteroatoms. The van der Waals surface area contributed by atoms with Crippen molar-refractivity contribution in [3.63, 3.8) is 0 Å². The lowest BCUT2D eigenvalue weighted by Crippen LogP contribution is -2.39. The Hall–Kier alpha value is -1.37. The van der Waals surface area contributed by atoms with Gasteiger partial charge in [-0.1, -0.05) is 19.1 Å². The fourth-order valence-corrected chi connectivity index (χ4v) is 1.28. The third-order valence-electron chi connectivity index (χ3n) is 2.50. The summed E-state index contributed by atoms with van der Waals surface area (Å²) in [5.41, 5.74) is 6.75. The lowest BCUT2D eigenvalue weighted by molar-refractivity contribution is 0.192. The molecule has 0 aliphatic carbocycles. The molecule has 0 aromatic heterocycles. The number of nitriles is 1. The molecule has 0 heterocycles. The lowest BCUT2D eigenvalue weighted by atomic mass is 9.89. The van der Waals surface area contributed by atoms with Gasteiger partial charge in [0.05, 0.1) is 23.8 Å². The van der Waals surface area contributed by atoms with Gasteiger partial charge in [-0.05, 0) is 24.1 Å². The topological polar surface area (TPSA) is 70.0 Å². The van der Waals surface area contributed by atoms with Crippen LogP contribution >= 0.6 is 0 Å². The van der Waals surface area contributed by atoms with Crippen LogP contribution in [0.3, 0.4) is 0 Å². The number of hydrogen-bond acceptors (Lipinski definition) is 3. The zero-order chi connectivity index (χ0) is 10.6. The molecule has 1 atom stereocenters. The van der Waals surface area contributed by atoms with Crippen LogP contribution in [-0.4, -0.2) is 11.7 Å². The largest absolute Gasteiger partial charge is 0.394 e. The van der Waals surface area contributed by atoms with Gasteiger partial charge in [-0.3, -0.25) is 0 Å². The van der Waals surface area contributed by atoms with E-state index in [1.54, 1.807) is 24.3 Å². The monoisotopic (exact) mass is 190 g/mol. The second-order valence-electron chi connectivity index (χ2n) is 3.36. The van der Waals surface area contributed by atoms with Crippen molar-refractivity contribution < 1.29 is 5.11 Å². The van der Waals surface area contributed by atoms with Crippen LogP contribution in [0.2, 0.25) is 0 Å². The summed E-state index contributed by atoms with van der Waals surface area (Å²) in [6, 6.07) is 9.04. The normalized spacial score (nSPS) is 14.4. The van der Waals surface area contributed by atoms with Gasteiger partial charge < -0.3 is 10.8 Å². The molecule has 0 saturated carbocycles. The van der Waals surface area contributed by atoms with E-state index < -0.39 is 5.54 Å². The van der Waals surface area contributed by atoms with E-state index in [1.165, 1.54) is 0 Å². The van der Waals surface area contributed by atoms with Gasteiger partial charge in [-0.15, -0.1) is 0 Å². The van der Waals surface area contributed by atoms with E-state index in [0.717, 1.165) is 5.56 Å². The predicted molar refractivity (Wildman–Crippen MR) is 54.4 cm³/mol. The Balaban J connectivity index is 3.02. The first-order valence-corrected chi connectivity index (χ1v) is 4.56. The highest BCUT2D eigenvalue weighted by Crippen LogP contribution is 2.21. The minimum Gasteiger partial charge on any atom is -0.394 e. The maximum absolute atomic E-state index is 9.18. The Labute approximate surface area is 83.8 Å². The smallest absolute Gasteiger partial charge is 0.0991 e. The molecular weight excluding hydrogens is 176 g/mol. The minimum atomic E-state index is -0.687. The number of nitrogens with two attached hydrogens (primary N) is 1. The van der Waals surface area contributed by atoms with E-state index in [2.05, 4.69) is 0 Å². The molecule has 0 aliphatic rings. The summed E-state index contributed by atoms with van der Waals surface area (Å²) >= 11 is 0. The second kappa shape index (κ2) is 4.23. The molecule has 1 aromatic rings. The van der Waals surface area contributed by atoms with Gasteiger partial charge in [0.25, 0.3) is 0 Å². The molecule has 0 aliphatic heterocycles. The van der Waals surface area contributed by atoms with Crippen molar-refractivity contribution >= 4 is 0 Å². The molecule has 0 spiro atoms. The molecule has 74 valence electrons. The number of benzene rings is 1. The van der Waals surface area contributed by atoms with Crippen molar-refractivity contribution in [2.45, 2.75) is 18.9 Å². The number of aliphatic hydroxyl groups is 1. The van der Waals surface area contributed by atoms with E-state index in [9.17, 15) is 5.11 Å². The number of rotatable bonds is 3. The van der Waals surface area contributed by atoms with Crippen molar-refractivity contribution in [2.24, 2.45) is 5.73 Å². The Morgan fingerprint density at radius 2 is 2.00 bits per heavy atom. The molecular formula is C11H14N2O. The van der Waals surface area contributed by atoms with Crippen molar-refractivity contribution in [2.75, 3.05) is 6.61 Å². The van der Waals surface area contributed by atoms with Crippen LogP contribution in [0.25, 0.3) is 0 Å². The summed E-state index contributed by atoms with van der Waals surface area (Å²) < 4.78 is 0. The van der Waals surface area contributed by atoms with Gasteiger partial charge in [-0.25, -0.2) is 0 Å². The zero-order valence-corrected chi connectivity index (χ0v) is 8.20. The molecule has 1 rings (SSSR count). The number of aliphatic hydroxyl groups excluding tert-OH is 1. The summed E-state index contributed by atoms with van der Waals surface area (Å²) in [7, 11) is 0. The minimum absolute atomic E-state index is 0.0879. The highest BCUT2D eigenvalue weighted by atomic mass is 16.3. The fraction of sp³-hybridized carbons (Fsp3) is 0.364. The van der Waals surface area contributed by atoms with Gasteiger partial charge in [0.15, 0.2) is 0 Å². The van der Waals surface area contributed by atoms with Crippen LogP contribution in [0, 0.1) is 11.3 Å². The maximum atomic E-state index is 9.18. The predicted octanol–water partition coefficient (Wildman–Crippen LogP) is 1.11. The first kappa shape index (κ1) is 10.7. The van der Waals surface area contributed by atoms with Gasteiger partial charge >= 0.3 is 0 Å². The Kier molecular flexibility index (Phi) is 3.23. The average Bonchev–Trinajstić information content (AvgIpc) is 2.28. The molecule has 0 bridgehead atoms. The molecule has 0 saturated heterocycles. The van der Waals surface area contributed by atoms with Crippen LogP contribution in [0.5, 0.6) is 0 Å². The molecule has 0 fully saturated rings. The van der Waals surface area contributed by atoms with Crippen LogP contribution < -0.4 is 5.73 Å². The standard InChI is InChI=1S/C11H14N2O/c1-2-11(13,8-14)10-5-3-9(7-12)4-6-10/h3-6,14H,2,8,13H2,1H3. The summed E-state index contributed by atoms with van der Waals surface area (Å²) in [5, 5.41) is 17.8. The van der Waals surface area contributed by atoms with Gasteiger partial charge in [0.2, 0.25) is 0 Å². The van der Waals surface area contributed by atoms with E-state index in [0.29, 0.717) is 12.0 Å². The van der Waals surface area contributed by atoms with Crippen LogP contribution in [0.15, 0.2) is 24.3 Å². The van der Waals surface area contributed by atoms with E-state index in [-0.39, 0.29) is 6.61 Å². The van der Waals surface area contributed by atoms with E-state index in [4.69, 9.17) is 11.0 Å². The van der Waals surface area contributed by atoms with Crippen LogP contribution in [-0.2, 0) is 5.54 Å². The summed E-state index contributed by atoms with van der Waals surface area (Å²) in [4.78, 5) is 0. The zero-order valence-electron chi connectivity index (χ0n) is 8.20. The Morgan fingerprint density at radius 1 is 1.43 bits per heavy atom. The number of hydrogen-bond donors (Lipinski definition) is 2. The molecule has 3 N–H and O–H groups in total. The van der Waals surface area contributed by atoms with Crippen molar-refractivity contribution in [3.8, 4) is 6.07 Å². The molecule has 14 heavy (non-hydrogen) atoms. The Morgan fingerprint density at radius 3 is 2.36 bits per heavy atom. The summed E-state index contributed by atoms with van der Waals surface area (Å²) in [6.07, 6.45) is 0.662. The van der Waals surface area contributed by atoms with Gasteiger partial charge in [0.1, 0.15) is 0 Å². The van der Waals surface area contributed by atoms with Crippen LogP contribution in [0.1, 0.15) is 24.5 Å². The van der Waals surface area contributed by atoms with Crippen molar-refractivity contribution in [1.82, 2.24) is 0 Å². The van der Waals surface area contributed by atoms with Gasteiger partial charge in [-0.2, -0.15) is 5.26 Å². The van der Waals surface area contributed by atoms with E-state index >= 15 is 0 Å². The fourth-order valence-electron chi connectivity index (χ4n) is 1.28. The first-order valence-electron chi connectivity index (χ1n) is 4.56. The van der Waals surface area contributed by atoms with E-state index in [1.807, 2.05) is 13.0 Å². The maximum Gasteiger partial charge on any atom is 0.0991 e. The first-order chi connectivity index (χ1) is 6.66. The second-order valence-corrected chi connectivity index (χ2v) is 3.36. The highest BCUT2D eigenvalue weighted by Gasteiger charge is 2.23. The average molecular weight is 190 g/mol. The Bertz CT molecular complexity index is 333. The molecule has 1 aromatic carbocycles. The van der Waals surface area contributed by atoms with Crippen molar-refractivity contribution in [3.05, 3.63) is 35.4 Å². The molecule has 0 radical (unpaired) electrons. The number of nitrogens with zero attached hydrogens (tertiary/aromatic N) is 1. The lowest BCUT2D eigenvalue weighted by Gasteiger charge is -2.26. The SMILES string of the molecule is CCC(N)(CO)c1ccc(C#N)cc1. The van der Waals surface area contributed by atoms with Gasteiger partial charge in [0, 0.05) is 0 Å².